The third-order valence-corrected chi connectivity index (χ3v) is 4.19. The summed E-state index contributed by atoms with van der Waals surface area (Å²) in [6, 6.07) is 9.21. The highest BCUT2D eigenvalue weighted by Gasteiger charge is 2.29. The normalized spacial score (nSPS) is 17.9. The van der Waals surface area contributed by atoms with Crippen molar-refractivity contribution < 1.29 is 9.69 Å². The summed E-state index contributed by atoms with van der Waals surface area (Å²) < 4.78 is 0. The molecule has 0 aliphatic heterocycles. The van der Waals surface area contributed by atoms with Gasteiger partial charge in [0.2, 0.25) is 0 Å². The summed E-state index contributed by atoms with van der Waals surface area (Å²) >= 11 is 0. The number of nitrogens with one attached hydrogen (secondary N) is 2. The van der Waals surface area contributed by atoms with E-state index in [0.717, 1.165) is 19.4 Å². The number of carbonyl (C=O) groups excluding carboxylic acids is 1. The van der Waals surface area contributed by atoms with Crippen LogP contribution in [0.2, 0.25) is 0 Å². The highest BCUT2D eigenvalue weighted by molar-refractivity contribution is 5.80. The average Bonchev–Trinajstić information content (AvgIpc) is 3.22. The van der Waals surface area contributed by atoms with Crippen LogP contribution in [-0.2, 0) is 11.3 Å². The fourth-order valence-corrected chi connectivity index (χ4v) is 2.27. The van der Waals surface area contributed by atoms with Crippen LogP contribution in [0.1, 0.15) is 50.7 Å². The van der Waals surface area contributed by atoms with E-state index in [1.54, 1.807) is 0 Å². The molecule has 1 aliphatic carbocycles. The van der Waals surface area contributed by atoms with Crippen molar-refractivity contribution in [2.24, 2.45) is 0 Å². The van der Waals surface area contributed by atoms with Crippen molar-refractivity contribution in [1.29, 1.82) is 0 Å². The van der Waals surface area contributed by atoms with Gasteiger partial charge in [0.25, 0.3) is 5.91 Å². The first-order valence-electron chi connectivity index (χ1n) is 7.69. The predicted octanol–water partition coefficient (Wildman–Crippen LogP) is 1.49. The third-order valence-electron chi connectivity index (χ3n) is 4.19. The van der Waals surface area contributed by atoms with Crippen molar-refractivity contribution in [1.82, 2.24) is 5.32 Å². The molecule has 0 saturated heterocycles. The molecule has 2 rings (SSSR count). The van der Waals surface area contributed by atoms with Gasteiger partial charge in [-0.2, -0.15) is 0 Å². The average molecular weight is 275 g/mol. The van der Waals surface area contributed by atoms with Crippen LogP contribution in [0, 0.1) is 0 Å². The standard InChI is InChI=1S/C17H26N2O/c1-12(2)15-7-5-14(6-8-15)11-19(4)13(3)17(20)18-16-9-10-16/h5-8,12-13,16H,9-11H2,1-4H3,(H,18,20)/p+1/t13-/m0/s1. The van der Waals surface area contributed by atoms with E-state index < -0.39 is 0 Å². The molecule has 0 spiro atoms. The topological polar surface area (TPSA) is 33.5 Å². The maximum atomic E-state index is 12.0. The number of benzene rings is 1. The summed E-state index contributed by atoms with van der Waals surface area (Å²) in [7, 11) is 2.09. The van der Waals surface area contributed by atoms with Crippen molar-refractivity contribution in [3.05, 3.63) is 35.4 Å². The molecule has 20 heavy (non-hydrogen) atoms. The molecule has 2 N–H and O–H groups in total. The van der Waals surface area contributed by atoms with Gasteiger partial charge in [-0.05, 0) is 31.2 Å². The summed E-state index contributed by atoms with van der Waals surface area (Å²) in [6.45, 7) is 7.31. The van der Waals surface area contributed by atoms with E-state index >= 15 is 0 Å². The van der Waals surface area contributed by atoms with Crippen LogP contribution in [0.3, 0.4) is 0 Å². The zero-order valence-corrected chi connectivity index (χ0v) is 13.1. The van der Waals surface area contributed by atoms with Gasteiger partial charge in [0, 0.05) is 11.6 Å². The van der Waals surface area contributed by atoms with E-state index in [-0.39, 0.29) is 11.9 Å². The smallest absolute Gasteiger partial charge is 0.278 e. The van der Waals surface area contributed by atoms with Gasteiger partial charge in [-0.25, -0.2) is 0 Å². The highest BCUT2D eigenvalue weighted by Crippen LogP contribution is 2.18. The Morgan fingerprint density at radius 3 is 2.35 bits per heavy atom. The Hall–Kier alpha value is -1.35. The Labute approximate surface area is 122 Å². The van der Waals surface area contributed by atoms with E-state index in [2.05, 4.69) is 50.5 Å². The number of hydrogen-bond donors (Lipinski definition) is 2. The predicted molar refractivity (Wildman–Crippen MR) is 81.7 cm³/mol. The minimum absolute atomic E-state index is 0.000347. The first-order valence-corrected chi connectivity index (χ1v) is 7.69. The lowest BCUT2D eigenvalue weighted by atomic mass is 10.0. The molecule has 0 aromatic heterocycles. The number of hydrogen-bond acceptors (Lipinski definition) is 1. The minimum atomic E-state index is 0.000347. The largest absolute Gasteiger partial charge is 0.348 e. The molecule has 1 unspecified atom stereocenters. The molecule has 1 fully saturated rings. The van der Waals surface area contributed by atoms with Crippen molar-refractivity contribution >= 4 is 5.91 Å². The zero-order valence-electron chi connectivity index (χ0n) is 13.1. The number of carbonyl (C=O) groups is 1. The molecule has 2 atom stereocenters. The second-order valence-electron chi connectivity index (χ2n) is 6.42. The Balaban J connectivity index is 1.88. The SMILES string of the molecule is CC(C)c1ccc(C[NH+](C)[C@@H](C)C(=O)NC2CC2)cc1. The first-order chi connectivity index (χ1) is 9.47. The van der Waals surface area contributed by atoms with Gasteiger partial charge in [-0.3, -0.25) is 4.79 Å². The van der Waals surface area contributed by atoms with Crippen LogP contribution >= 0.6 is 0 Å². The van der Waals surface area contributed by atoms with E-state index in [9.17, 15) is 4.79 Å². The van der Waals surface area contributed by atoms with Gasteiger partial charge in [-0.1, -0.05) is 38.1 Å². The van der Waals surface area contributed by atoms with E-state index in [1.807, 2.05) is 6.92 Å². The lowest BCUT2D eigenvalue weighted by Gasteiger charge is -2.21. The minimum Gasteiger partial charge on any atom is -0.348 e. The van der Waals surface area contributed by atoms with Crippen LogP contribution in [0.15, 0.2) is 24.3 Å². The van der Waals surface area contributed by atoms with Gasteiger partial charge < -0.3 is 10.2 Å². The quantitative estimate of drug-likeness (QED) is 0.810. The number of likely N-dealkylation sites (N-methyl/N-ethyl adjacent to an activating group) is 1. The molecule has 3 heteroatoms. The molecule has 0 heterocycles. The monoisotopic (exact) mass is 275 g/mol. The second kappa shape index (κ2) is 6.40. The van der Waals surface area contributed by atoms with E-state index in [4.69, 9.17) is 0 Å². The van der Waals surface area contributed by atoms with Gasteiger partial charge in [0.1, 0.15) is 6.54 Å². The molecular weight excluding hydrogens is 248 g/mol. The third kappa shape index (κ3) is 4.07. The maximum Gasteiger partial charge on any atom is 0.278 e. The Kier molecular flexibility index (Phi) is 4.81. The van der Waals surface area contributed by atoms with Crippen molar-refractivity contribution in [2.45, 2.75) is 58.2 Å². The van der Waals surface area contributed by atoms with E-state index in [0.29, 0.717) is 12.0 Å². The van der Waals surface area contributed by atoms with Crippen LogP contribution in [-0.4, -0.2) is 25.0 Å². The lowest BCUT2D eigenvalue weighted by molar-refractivity contribution is -0.908. The Morgan fingerprint density at radius 1 is 1.25 bits per heavy atom. The molecule has 0 radical (unpaired) electrons. The summed E-state index contributed by atoms with van der Waals surface area (Å²) in [5.74, 6) is 0.751. The van der Waals surface area contributed by atoms with E-state index in [1.165, 1.54) is 16.0 Å². The Morgan fingerprint density at radius 2 is 1.85 bits per heavy atom. The fourth-order valence-electron chi connectivity index (χ4n) is 2.27. The summed E-state index contributed by atoms with van der Waals surface area (Å²) in [6.07, 6.45) is 2.29. The molecule has 1 aromatic carbocycles. The molecule has 3 nitrogen and oxygen atoms in total. The molecule has 1 amide bonds. The maximum absolute atomic E-state index is 12.0. The van der Waals surface area contributed by atoms with Crippen LogP contribution < -0.4 is 10.2 Å². The van der Waals surface area contributed by atoms with Gasteiger partial charge in [-0.15, -0.1) is 0 Å². The zero-order chi connectivity index (χ0) is 14.7. The second-order valence-corrected chi connectivity index (χ2v) is 6.42. The lowest BCUT2D eigenvalue weighted by Crippen LogP contribution is -3.12. The van der Waals surface area contributed by atoms with Crippen molar-refractivity contribution in [2.75, 3.05) is 7.05 Å². The Bertz CT molecular complexity index is 449. The highest BCUT2D eigenvalue weighted by atomic mass is 16.2. The van der Waals surface area contributed by atoms with Crippen molar-refractivity contribution in [3.63, 3.8) is 0 Å². The van der Waals surface area contributed by atoms with Gasteiger partial charge in [0.05, 0.1) is 7.05 Å². The van der Waals surface area contributed by atoms with Gasteiger partial charge >= 0.3 is 0 Å². The molecular formula is C17H27N2O+. The summed E-state index contributed by atoms with van der Waals surface area (Å²) in [5, 5.41) is 3.08. The van der Waals surface area contributed by atoms with Crippen LogP contribution in [0.4, 0.5) is 0 Å². The number of rotatable bonds is 6. The van der Waals surface area contributed by atoms with Crippen molar-refractivity contribution in [3.8, 4) is 0 Å². The van der Waals surface area contributed by atoms with Crippen LogP contribution in [0.5, 0.6) is 0 Å². The number of quaternary nitrogens is 1. The fraction of sp³-hybridized carbons (Fsp3) is 0.588. The molecule has 110 valence electrons. The molecule has 1 saturated carbocycles. The summed E-state index contributed by atoms with van der Waals surface area (Å²) in [5.41, 5.74) is 2.66. The first kappa shape index (κ1) is 15.0. The number of amides is 1. The van der Waals surface area contributed by atoms with Crippen LogP contribution in [0.25, 0.3) is 0 Å². The summed E-state index contributed by atoms with van der Waals surface area (Å²) in [4.78, 5) is 13.3. The molecule has 1 aromatic rings. The molecule has 1 aliphatic rings. The molecule has 0 bridgehead atoms. The van der Waals surface area contributed by atoms with Gasteiger partial charge in [0.15, 0.2) is 6.04 Å².